The van der Waals surface area contributed by atoms with Crippen molar-refractivity contribution in [2.75, 3.05) is 7.05 Å². The third-order valence-corrected chi connectivity index (χ3v) is 3.80. The van der Waals surface area contributed by atoms with Crippen LogP contribution in [0.3, 0.4) is 0 Å². The fraction of sp³-hybridized carbons (Fsp3) is 0.211. The molecule has 0 saturated heterocycles. The van der Waals surface area contributed by atoms with Gasteiger partial charge in [-0.05, 0) is 31.2 Å². The Morgan fingerprint density at radius 3 is 2.75 bits per heavy atom. The van der Waals surface area contributed by atoms with Crippen LogP contribution in [0.1, 0.15) is 23.1 Å². The zero-order chi connectivity index (χ0) is 17.1. The van der Waals surface area contributed by atoms with Crippen LogP contribution in [0, 0.1) is 0 Å². The monoisotopic (exact) mass is 320 g/mol. The first kappa shape index (κ1) is 15.9. The van der Waals surface area contributed by atoms with Gasteiger partial charge in [-0.25, -0.2) is 4.98 Å². The Morgan fingerprint density at radius 2 is 2.04 bits per heavy atom. The number of rotatable bonds is 5. The maximum atomic E-state index is 12.5. The van der Waals surface area contributed by atoms with Gasteiger partial charge in [0, 0.05) is 26.0 Å². The number of fused-ring (bicyclic) bond motifs is 1. The molecule has 5 nitrogen and oxygen atoms in total. The number of para-hydroxylation sites is 2. The molecule has 0 unspecified atom stereocenters. The second kappa shape index (κ2) is 6.66. The Labute approximate surface area is 141 Å². The summed E-state index contributed by atoms with van der Waals surface area (Å²) in [7, 11) is 1.78. The Kier molecular flexibility index (Phi) is 4.42. The summed E-state index contributed by atoms with van der Waals surface area (Å²) >= 11 is 0. The molecule has 0 aliphatic carbocycles. The van der Waals surface area contributed by atoms with Gasteiger partial charge in [-0.15, -0.1) is 0 Å². The van der Waals surface area contributed by atoms with Crippen LogP contribution < -0.4 is 0 Å². The number of carbonyl (C=O) groups excluding carboxylic acids is 1. The van der Waals surface area contributed by atoms with Crippen molar-refractivity contribution in [2.45, 2.75) is 20.0 Å². The first-order chi connectivity index (χ1) is 11.6. The predicted molar refractivity (Wildman–Crippen MR) is 94.6 cm³/mol. The largest absolute Gasteiger partial charge is 0.334 e. The number of nitrogens with zero attached hydrogens (tertiary/aromatic N) is 4. The summed E-state index contributed by atoms with van der Waals surface area (Å²) in [5, 5.41) is 0. The van der Waals surface area contributed by atoms with E-state index in [9.17, 15) is 4.79 Å². The number of hydrogen-bond donors (Lipinski definition) is 0. The van der Waals surface area contributed by atoms with E-state index < -0.39 is 0 Å². The highest BCUT2D eigenvalue weighted by atomic mass is 16.2. The van der Waals surface area contributed by atoms with Crippen LogP contribution in [0.25, 0.3) is 11.0 Å². The molecule has 0 aliphatic heterocycles. The number of carbonyl (C=O) groups is 1. The molecule has 0 spiro atoms. The lowest BCUT2D eigenvalue weighted by Gasteiger charge is -2.18. The van der Waals surface area contributed by atoms with E-state index in [0.717, 1.165) is 22.4 Å². The molecule has 5 heteroatoms. The number of hydrogen-bond acceptors (Lipinski definition) is 3. The van der Waals surface area contributed by atoms with Gasteiger partial charge in [0.25, 0.3) is 5.91 Å². The molecule has 2 aromatic heterocycles. The van der Waals surface area contributed by atoms with E-state index >= 15 is 0 Å². The van der Waals surface area contributed by atoms with Crippen molar-refractivity contribution in [3.8, 4) is 0 Å². The summed E-state index contributed by atoms with van der Waals surface area (Å²) in [5.74, 6) is 0.774. The predicted octanol–water partition coefficient (Wildman–Crippen LogP) is 3.28. The maximum Gasteiger partial charge on any atom is 0.255 e. The number of imidazole rings is 1. The lowest BCUT2D eigenvalue weighted by molar-refractivity contribution is 0.0780. The van der Waals surface area contributed by atoms with Gasteiger partial charge in [-0.2, -0.15) is 0 Å². The van der Waals surface area contributed by atoms with Gasteiger partial charge in [0.2, 0.25) is 0 Å². The second-order valence-corrected chi connectivity index (χ2v) is 5.96. The topological polar surface area (TPSA) is 51.0 Å². The summed E-state index contributed by atoms with van der Waals surface area (Å²) in [4.78, 5) is 22.9. The van der Waals surface area contributed by atoms with E-state index in [4.69, 9.17) is 4.98 Å². The van der Waals surface area contributed by atoms with Crippen molar-refractivity contribution >= 4 is 16.9 Å². The fourth-order valence-electron chi connectivity index (χ4n) is 2.69. The van der Waals surface area contributed by atoms with E-state index in [1.165, 1.54) is 0 Å². The molecule has 0 aliphatic rings. The standard InChI is InChI=1S/C19H20N4O/c1-14(2)12-23-17-9-5-4-8-16(17)21-18(23)13-22(3)19(24)15-7-6-10-20-11-15/h4-11H,1,12-13H2,2-3H3. The first-order valence-corrected chi connectivity index (χ1v) is 7.80. The fourth-order valence-corrected chi connectivity index (χ4v) is 2.69. The van der Waals surface area contributed by atoms with Gasteiger partial charge in [0.05, 0.1) is 23.1 Å². The molecular formula is C19H20N4O. The Bertz CT molecular complexity index is 883. The minimum atomic E-state index is -0.0722. The average Bonchev–Trinajstić information content (AvgIpc) is 2.92. The number of pyridine rings is 1. The van der Waals surface area contributed by atoms with Crippen LogP contribution in [0.15, 0.2) is 60.9 Å². The van der Waals surface area contributed by atoms with E-state index in [2.05, 4.69) is 16.1 Å². The number of aromatic nitrogens is 3. The van der Waals surface area contributed by atoms with Crippen LogP contribution in [0.4, 0.5) is 0 Å². The van der Waals surface area contributed by atoms with Crippen LogP contribution in [0.5, 0.6) is 0 Å². The summed E-state index contributed by atoms with van der Waals surface area (Å²) in [6.45, 7) is 7.10. The van der Waals surface area contributed by atoms with Crippen LogP contribution in [-0.2, 0) is 13.1 Å². The summed E-state index contributed by atoms with van der Waals surface area (Å²) in [6, 6.07) is 11.5. The zero-order valence-electron chi connectivity index (χ0n) is 13.9. The van der Waals surface area contributed by atoms with Gasteiger partial charge >= 0.3 is 0 Å². The Balaban J connectivity index is 1.91. The molecule has 1 aromatic carbocycles. The van der Waals surface area contributed by atoms with Crippen molar-refractivity contribution in [3.05, 3.63) is 72.3 Å². The zero-order valence-corrected chi connectivity index (χ0v) is 13.9. The van der Waals surface area contributed by atoms with Gasteiger partial charge in [-0.3, -0.25) is 9.78 Å². The normalized spacial score (nSPS) is 10.8. The molecule has 1 amide bonds. The van der Waals surface area contributed by atoms with Crippen molar-refractivity contribution in [3.63, 3.8) is 0 Å². The summed E-state index contributed by atoms with van der Waals surface area (Å²) < 4.78 is 2.12. The molecule has 0 radical (unpaired) electrons. The molecule has 0 saturated carbocycles. The van der Waals surface area contributed by atoms with Gasteiger partial charge in [0.15, 0.2) is 0 Å². The Hall–Kier alpha value is -2.95. The first-order valence-electron chi connectivity index (χ1n) is 7.80. The van der Waals surface area contributed by atoms with Crippen LogP contribution in [0.2, 0.25) is 0 Å². The minimum Gasteiger partial charge on any atom is -0.334 e. The molecule has 0 bridgehead atoms. The molecular weight excluding hydrogens is 300 g/mol. The Morgan fingerprint density at radius 1 is 1.25 bits per heavy atom. The molecule has 2 heterocycles. The van der Waals surface area contributed by atoms with Gasteiger partial charge < -0.3 is 9.47 Å². The summed E-state index contributed by atoms with van der Waals surface area (Å²) in [6.07, 6.45) is 3.23. The van der Waals surface area contributed by atoms with Gasteiger partial charge in [-0.1, -0.05) is 24.3 Å². The van der Waals surface area contributed by atoms with Crippen molar-refractivity contribution in [1.29, 1.82) is 0 Å². The quantitative estimate of drug-likeness (QED) is 0.678. The van der Waals surface area contributed by atoms with Gasteiger partial charge in [0.1, 0.15) is 5.82 Å². The maximum absolute atomic E-state index is 12.5. The molecule has 0 N–H and O–H groups in total. The van der Waals surface area contributed by atoms with Crippen molar-refractivity contribution < 1.29 is 4.79 Å². The van der Waals surface area contributed by atoms with E-state index in [0.29, 0.717) is 18.7 Å². The third-order valence-electron chi connectivity index (χ3n) is 3.80. The lowest BCUT2D eigenvalue weighted by atomic mass is 10.2. The van der Waals surface area contributed by atoms with Crippen molar-refractivity contribution in [1.82, 2.24) is 19.4 Å². The highest BCUT2D eigenvalue weighted by molar-refractivity contribution is 5.93. The molecule has 24 heavy (non-hydrogen) atoms. The second-order valence-electron chi connectivity index (χ2n) is 5.96. The van der Waals surface area contributed by atoms with E-state index in [1.807, 2.05) is 31.2 Å². The molecule has 3 rings (SSSR count). The minimum absolute atomic E-state index is 0.0722. The SMILES string of the molecule is C=C(C)Cn1c(CN(C)C(=O)c2cccnc2)nc2ccccc21. The highest BCUT2D eigenvalue weighted by Crippen LogP contribution is 2.19. The highest BCUT2D eigenvalue weighted by Gasteiger charge is 2.17. The van der Waals surface area contributed by atoms with Crippen LogP contribution >= 0.6 is 0 Å². The molecule has 0 fully saturated rings. The van der Waals surface area contributed by atoms with Crippen molar-refractivity contribution in [2.24, 2.45) is 0 Å². The van der Waals surface area contributed by atoms with Crippen LogP contribution in [-0.4, -0.2) is 32.4 Å². The molecule has 0 atom stereocenters. The molecule has 122 valence electrons. The number of benzene rings is 1. The van der Waals surface area contributed by atoms with E-state index in [1.54, 1.807) is 36.5 Å². The summed E-state index contributed by atoms with van der Waals surface area (Å²) in [5.41, 5.74) is 3.59. The van der Waals surface area contributed by atoms with E-state index in [-0.39, 0.29) is 5.91 Å². The number of amides is 1. The molecule has 3 aromatic rings. The lowest BCUT2D eigenvalue weighted by Crippen LogP contribution is -2.28. The third kappa shape index (κ3) is 3.20. The number of allylic oxidation sites excluding steroid dienone is 1. The smallest absolute Gasteiger partial charge is 0.255 e. The average molecular weight is 320 g/mol.